The van der Waals surface area contributed by atoms with Crippen molar-refractivity contribution in [2.75, 3.05) is 0 Å². The van der Waals surface area contributed by atoms with E-state index >= 15 is 0 Å². The van der Waals surface area contributed by atoms with Crippen molar-refractivity contribution in [2.45, 2.75) is 13.2 Å². The first-order valence-corrected chi connectivity index (χ1v) is 6.39. The average molecular weight is 262 g/mol. The van der Waals surface area contributed by atoms with E-state index in [1.807, 2.05) is 30.3 Å². The van der Waals surface area contributed by atoms with E-state index in [1.165, 1.54) is 11.3 Å². The number of hydrogen-bond donors (Lipinski definition) is 2. The SMILES string of the molecule is NC(=O)c1csc(CNOCc2ccccc2)c1. The Morgan fingerprint density at radius 1 is 1.33 bits per heavy atom. The molecule has 5 heteroatoms. The molecule has 0 unspecified atom stereocenters. The minimum absolute atomic E-state index is 0.400. The second kappa shape index (κ2) is 6.30. The lowest BCUT2D eigenvalue weighted by Crippen LogP contribution is -2.13. The Morgan fingerprint density at radius 2 is 2.11 bits per heavy atom. The highest BCUT2D eigenvalue weighted by atomic mass is 32.1. The fraction of sp³-hybridized carbons (Fsp3) is 0.154. The lowest BCUT2D eigenvalue weighted by atomic mass is 10.2. The average Bonchev–Trinajstić information content (AvgIpc) is 2.85. The highest BCUT2D eigenvalue weighted by molar-refractivity contribution is 7.10. The minimum atomic E-state index is -0.400. The number of amides is 1. The van der Waals surface area contributed by atoms with Gasteiger partial charge in [0.15, 0.2) is 0 Å². The predicted octanol–water partition coefficient (Wildman–Crippen LogP) is 2.07. The summed E-state index contributed by atoms with van der Waals surface area (Å²) in [4.78, 5) is 17.3. The van der Waals surface area contributed by atoms with Crippen LogP contribution in [0.2, 0.25) is 0 Å². The van der Waals surface area contributed by atoms with Gasteiger partial charge in [0.1, 0.15) is 0 Å². The van der Waals surface area contributed by atoms with Crippen molar-refractivity contribution < 1.29 is 9.63 Å². The van der Waals surface area contributed by atoms with Gasteiger partial charge in [-0.3, -0.25) is 9.63 Å². The Labute approximate surface area is 109 Å². The first-order valence-electron chi connectivity index (χ1n) is 5.51. The third-order valence-corrected chi connectivity index (χ3v) is 3.31. The van der Waals surface area contributed by atoms with Gasteiger partial charge in [-0.25, -0.2) is 0 Å². The van der Waals surface area contributed by atoms with Crippen LogP contribution in [-0.2, 0) is 18.0 Å². The van der Waals surface area contributed by atoms with E-state index in [-0.39, 0.29) is 0 Å². The molecular weight excluding hydrogens is 248 g/mol. The van der Waals surface area contributed by atoms with Crippen molar-refractivity contribution in [3.8, 4) is 0 Å². The molecule has 0 saturated heterocycles. The third-order valence-electron chi connectivity index (χ3n) is 2.37. The Balaban J connectivity index is 1.73. The van der Waals surface area contributed by atoms with E-state index in [9.17, 15) is 4.79 Å². The molecule has 1 heterocycles. The smallest absolute Gasteiger partial charge is 0.249 e. The van der Waals surface area contributed by atoms with Gasteiger partial charge in [0.25, 0.3) is 0 Å². The zero-order chi connectivity index (χ0) is 12.8. The summed E-state index contributed by atoms with van der Waals surface area (Å²) >= 11 is 1.48. The van der Waals surface area contributed by atoms with Crippen LogP contribution in [0.25, 0.3) is 0 Å². The van der Waals surface area contributed by atoms with E-state index in [2.05, 4.69) is 5.48 Å². The van der Waals surface area contributed by atoms with Gasteiger partial charge < -0.3 is 5.73 Å². The van der Waals surface area contributed by atoms with Crippen molar-refractivity contribution in [1.82, 2.24) is 5.48 Å². The van der Waals surface area contributed by atoms with Crippen LogP contribution in [0.4, 0.5) is 0 Å². The van der Waals surface area contributed by atoms with Gasteiger partial charge in [0.05, 0.1) is 18.7 Å². The normalized spacial score (nSPS) is 10.4. The lowest BCUT2D eigenvalue weighted by Gasteiger charge is -2.04. The predicted molar refractivity (Wildman–Crippen MR) is 70.9 cm³/mol. The van der Waals surface area contributed by atoms with E-state index in [1.54, 1.807) is 11.4 Å². The minimum Gasteiger partial charge on any atom is -0.366 e. The molecule has 0 saturated carbocycles. The summed E-state index contributed by atoms with van der Waals surface area (Å²) in [5.41, 5.74) is 9.68. The second-order valence-corrected chi connectivity index (χ2v) is 4.76. The molecule has 0 aliphatic rings. The van der Waals surface area contributed by atoms with Crippen LogP contribution < -0.4 is 11.2 Å². The molecule has 0 radical (unpaired) electrons. The van der Waals surface area contributed by atoms with Crippen LogP contribution in [0.15, 0.2) is 41.8 Å². The maximum Gasteiger partial charge on any atom is 0.249 e. The van der Waals surface area contributed by atoms with Crippen molar-refractivity contribution in [3.05, 3.63) is 57.8 Å². The third kappa shape index (κ3) is 3.66. The maximum absolute atomic E-state index is 10.9. The molecule has 18 heavy (non-hydrogen) atoms. The number of benzene rings is 1. The number of primary amides is 1. The molecule has 0 aliphatic carbocycles. The Hall–Kier alpha value is -1.69. The molecule has 0 aliphatic heterocycles. The van der Waals surface area contributed by atoms with Crippen molar-refractivity contribution in [3.63, 3.8) is 0 Å². The second-order valence-electron chi connectivity index (χ2n) is 3.76. The largest absolute Gasteiger partial charge is 0.366 e. The number of carbonyl (C=O) groups excluding carboxylic acids is 1. The molecule has 1 aromatic heterocycles. The molecule has 0 atom stereocenters. The molecule has 4 nitrogen and oxygen atoms in total. The number of nitrogens with two attached hydrogens (primary N) is 1. The first kappa shape index (κ1) is 12.8. The van der Waals surface area contributed by atoms with Gasteiger partial charge >= 0.3 is 0 Å². The summed E-state index contributed by atoms with van der Waals surface area (Å²) in [5, 5.41) is 1.75. The van der Waals surface area contributed by atoms with Crippen LogP contribution in [0.1, 0.15) is 20.8 Å². The summed E-state index contributed by atoms with van der Waals surface area (Å²) in [6, 6.07) is 11.7. The fourth-order valence-corrected chi connectivity index (χ4v) is 2.23. The standard InChI is InChI=1S/C13H14N2O2S/c14-13(16)11-6-12(18-9-11)7-15-17-8-10-4-2-1-3-5-10/h1-6,9,15H,7-8H2,(H2,14,16). The highest BCUT2D eigenvalue weighted by Gasteiger charge is 2.04. The Morgan fingerprint density at radius 3 is 2.78 bits per heavy atom. The molecule has 94 valence electrons. The molecule has 2 aromatic rings. The molecule has 0 fully saturated rings. The molecule has 2 rings (SSSR count). The Kier molecular flexibility index (Phi) is 4.46. The zero-order valence-corrected chi connectivity index (χ0v) is 10.6. The van der Waals surface area contributed by atoms with Gasteiger partial charge in [-0.2, -0.15) is 5.48 Å². The molecule has 0 spiro atoms. The van der Waals surface area contributed by atoms with Gasteiger partial charge in [0, 0.05) is 10.3 Å². The monoisotopic (exact) mass is 262 g/mol. The van der Waals surface area contributed by atoms with Gasteiger partial charge in [-0.15, -0.1) is 11.3 Å². The van der Waals surface area contributed by atoms with E-state index in [0.717, 1.165) is 10.4 Å². The van der Waals surface area contributed by atoms with Gasteiger partial charge in [-0.05, 0) is 11.6 Å². The molecular formula is C13H14N2O2S. The number of rotatable bonds is 6. The summed E-state index contributed by atoms with van der Waals surface area (Å²) in [7, 11) is 0. The van der Waals surface area contributed by atoms with Gasteiger partial charge in [-0.1, -0.05) is 30.3 Å². The van der Waals surface area contributed by atoms with Gasteiger partial charge in [0.2, 0.25) is 5.91 Å². The molecule has 1 amide bonds. The first-order chi connectivity index (χ1) is 8.75. The number of thiophene rings is 1. The quantitative estimate of drug-likeness (QED) is 0.618. The topological polar surface area (TPSA) is 64.4 Å². The molecule has 1 aromatic carbocycles. The van der Waals surface area contributed by atoms with Crippen LogP contribution in [-0.4, -0.2) is 5.91 Å². The number of hydroxylamine groups is 1. The van der Waals surface area contributed by atoms with E-state index in [0.29, 0.717) is 18.7 Å². The molecule has 0 bridgehead atoms. The molecule has 3 N–H and O–H groups in total. The number of hydrogen-bond acceptors (Lipinski definition) is 4. The lowest BCUT2D eigenvalue weighted by molar-refractivity contribution is 0.0240. The number of nitrogens with one attached hydrogen (secondary N) is 1. The van der Waals surface area contributed by atoms with E-state index < -0.39 is 5.91 Å². The summed E-state index contributed by atoms with van der Waals surface area (Å²) < 4.78 is 0. The van der Waals surface area contributed by atoms with Crippen LogP contribution >= 0.6 is 11.3 Å². The fourth-order valence-electron chi connectivity index (χ4n) is 1.43. The zero-order valence-electron chi connectivity index (χ0n) is 9.76. The number of carbonyl (C=O) groups is 1. The summed E-state index contributed by atoms with van der Waals surface area (Å²) in [6.45, 7) is 1.07. The summed E-state index contributed by atoms with van der Waals surface area (Å²) in [5.74, 6) is -0.400. The van der Waals surface area contributed by atoms with Crippen molar-refractivity contribution in [2.24, 2.45) is 5.73 Å². The highest BCUT2D eigenvalue weighted by Crippen LogP contribution is 2.13. The van der Waals surface area contributed by atoms with Crippen LogP contribution in [0, 0.1) is 0 Å². The van der Waals surface area contributed by atoms with Crippen molar-refractivity contribution in [1.29, 1.82) is 0 Å². The van der Waals surface area contributed by atoms with Crippen LogP contribution in [0.5, 0.6) is 0 Å². The van der Waals surface area contributed by atoms with Crippen molar-refractivity contribution >= 4 is 17.2 Å². The van der Waals surface area contributed by atoms with E-state index in [4.69, 9.17) is 10.6 Å². The Bertz CT molecular complexity index is 511. The summed E-state index contributed by atoms with van der Waals surface area (Å²) in [6.07, 6.45) is 0. The van der Waals surface area contributed by atoms with Crippen LogP contribution in [0.3, 0.4) is 0 Å². The maximum atomic E-state index is 10.9.